The fourth-order valence-electron chi connectivity index (χ4n) is 5.97. The third-order valence-electron chi connectivity index (χ3n) is 8.14. The normalized spacial score (nSPS) is 20.1. The summed E-state index contributed by atoms with van der Waals surface area (Å²) in [7, 11) is 5.68. The van der Waals surface area contributed by atoms with Crippen molar-refractivity contribution in [2.45, 2.75) is 57.5 Å². The molecule has 4 rings (SSSR count). The number of carbonyl (C=O) groups is 2. The Kier molecular flexibility index (Phi) is 10.9. The number of unbranched alkanes of at least 4 members (excludes halogenated alkanes) is 2. The number of aryl methyl sites for hydroxylation is 1. The number of aromatic nitrogens is 2. The number of hydrogen-bond acceptors (Lipinski definition) is 8. The molecule has 1 N–H and O–H groups in total. The molecule has 1 aromatic heterocycles. The van der Waals surface area contributed by atoms with E-state index in [0.29, 0.717) is 43.3 Å². The lowest BCUT2D eigenvalue weighted by molar-refractivity contribution is -0.144. The molecule has 2 aliphatic heterocycles. The lowest BCUT2D eigenvalue weighted by Crippen LogP contribution is -2.45. The number of benzene rings is 1. The van der Waals surface area contributed by atoms with Crippen LogP contribution in [0.25, 0.3) is 0 Å². The van der Waals surface area contributed by atoms with E-state index in [-0.39, 0.29) is 31.2 Å². The van der Waals surface area contributed by atoms with Gasteiger partial charge < -0.3 is 33.7 Å². The van der Waals surface area contributed by atoms with Gasteiger partial charge in [0.2, 0.25) is 18.4 Å². The molecule has 11 nitrogen and oxygen atoms in total. The van der Waals surface area contributed by atoms with Gasteiger partial charge in [-0.25, -0.2) is 4.98 Å². The predicted molar refractivity (Wildman–Crippen MR) is 154 cm³/mol. The highest BCUT2D eigenvalue weighted by Gasteiger charge is 2.47. The Bertz CT molecular complexity index is 1140. The van der Waals surface area contributed by atoms with Crippen LogP contribution in [0.5, 0.6) is 17.2 Å². The molecule has 0 unspecified atom stereocenters. The first-order valence-corrected chi connectivity index (χ1v) is 14.6. The highest BCUT2D eigenvalue weighted by atomic mass is 16.7. The van der Waals surface area contributed by atoms with E-state index >= 15 is 0 Å². The SMILES string of the molecule is CCCCN(CCCCN(C)C)C(=O)CN1C[C@H](c2cc(OC)c3c(c2)OCO3)[C@@H](C(=O)O)[C@@H]1CCn1ccnc1. The molecule has 2 aromatic rings. The molecule has 0 aliphatic carbocycles. The summed E-state index contributed by atoms with van der Waals surface area (Å²) < 4.78 is 18.7. The van der Waals surface area contributed by atoms with Gasteiger partial charge >= 0.3 is 5.97 Å². The number of nitrogens with zero attached hydrogens (tertiary/aromatic N) is 5. The van der Waals surface area contributed by atoms with Crippen molar-refractivity contribution < 1.29 is 28.9 Å². The quantitative estimate of drug-likeness (QED) is 0.304. The van der Waals surface area contributed by atoms with Gasteiger partial charge in [-0.1, -0.05) is 13.3 Å². The number of aliphatic carboxylic acids is 1. The Morgan fingerprint density at radius 2 is 1.93 bits per heavy atom. The monoisotopic (exact) mass is 571 g/mol. The Hall–Kier alpha value is -3.31. The van der Waals surface area contributed by atoms with Crippen LogP contribution in [-0.4, -0.2) is 108 Å². The zero-order valence-electron chi connectivity index (χ0n) is 24.8. The molecule has 0 radical (unpaired) electrons. The molecule has 2 aliphatic rings. The van der Waals surface area contributed by atoms with Crippen molar-refractivity contribution >= 4 is 11.9 Å². The Labute approximate surface area is 243 Å². The maximum atomic E-state index is 13.7. The summed E-state index contributed by atoms with van der Waals surface area (Å²) in [5.74, 6) is -0.261. The smallest absolute Gasteiger partial charge is 0.308 e. The molecule has 1 saturated heterocycles. The van der Waals surface area contributed by atoms with Gasteiger partial charge in [0.25, 0.3) is 0 Å². The van der Waals surface area contributed by atoms with Crippen molar-refractivity contribution in [2.75, 3.05) is 60.7 Å². The van der Waals surface area contributed by atoms with Crippen LogP contribution in [0.1, 0.15) is 50.5 Å². The number of imidazole rings is 1. The number of methoxy groups -OCH3 is 1. The molecule has 1 aromatic carbocycles. The third-order valence-corrected chi connectivity index (χ3v) is 8.14. The predicted octanol–water partition coefficient (Wildman–Crippen LogP) is 3.15. The van der Waals surface area contributed by atoms with Gasteiger partial charge in [-0.05, 0) is 64.0 Å². The molecule has 3 atom stereocenters. The first kappa shape index (κ1) is 30.6. The van der Waals surface area contributed by atoms with Crippen molar-refractivity contribution in [3.05, 3.63) is 36.4 Å². The molecule has 1 fully saturated rings. The average Bonchev–Trinajstić information content (AvgIpc) is 3.70. The Morgan fingerprint density at radius 1 is 1.15 bits per heavy atom. The minimum atomic E-state index is -0.872. The Balaban J connectivity index is 1.58. The van der Waals surface area contributed by atoms with E-state index < -0.39 is 11.9 Å². The number of amides is 1. The fourth-order valence-corrected chi connectivity index (χ4v) is 5.97. The molecular formula is C30H45N5O6. The lowest BCUT2D eigenvalue weighted by atomic mass is 9.84. The second kappa shape index (κ2) is 14.5. The molecule has 1 amide bonds. The summed E-state index contributed by atoms with van der Waals surface area (Å²) in [6, 6.07) is 3.38. The van der Waals surface area contributed by atoms with Crippen molar-refractivity contribution in [3.8, 4) is 17.2 Å². The van der Waals surface area contributed by atoms with Gasteiger partial charge in [0, 0.05) is 50.5 Å². The van der Waals surface area contributed by atoms with Crippen molar-refractivity contribution in [2.24, 2.45) is 5.92 Å². The average molecular weight is 572 g/mol. The first-order valence-electron chi connectivity index (χ1n) is 14.6. The fraction of sp³-hybridized carbons (Fsp3) is 0.633. The Morgan fingerprint density at radius 3 is 2.61 bits per heavy atom. The summed E-state index contributed by atoms with van der Waals surface area (Å²) in [5, 5.41) is 10.5. The number of carbonyl (C=O) groups excluding carboxylic acids is 1. The molecule has 0 spiro atoms. The maximum Gasteiger partial charge on any atom is 0.308 e. The number of fused-ring (bicyclic) bond motifs is 1. The van der Waals surface area contributed by atoms with Gasteiger partial charge in [0.1, 0.15) is 0 Å². The number of carboxylic acids is 1. The van der Waals surface area contributed by atoms with Crippen LogP contribution < -0.4 is 14.2 Å². The highest BCUT2D eigenvalue weighted by Crippen LogP contribution is 2.47. The third kappa shape index (κ3) is 7.71. The number of hydrogen-bond donors (Lipinski definition) is 1. The van der Waals surface area contributed by atoms with Crippen molar-refractivity contribution in [1.29, 1.82) is 0 Å². The number of ether oxygens (including phenoxy) is 3. The second-order valence-corrected chi connectivity index (χ2v) is 11.3. The molecular weight excluding hydrogens is 526 g/mol. The highest BCUT2D eigenvalue weighted by molar-refractivity contribution is 5.79. The van der Waals surface area contributed by atoms with Crippen LogP contribution in [-0.2, 0) is 16.1 Å². The van der Waals surface area contributed by atoms with Crippen LogP contribution in [0.4, 0.5) is 0 Å². The minimum Gasteiger partial charge on any atom is -0.493 e. The maximum absolute atomic E-state index is 13.7. The van der Waals surface area contributed by atoms with E-state index in [2.05, 4.69) is 35.8 Å². The summed E-state index contributed by atoms with van der Waals surface area (Å²) in [6.07, 6.45) is 9.82. The second-order valence-electron chi connectivity index (χ2n) is 11.3. The summed E-state index contributed by atoms with van der Waals surface area (Å²) in [4.78, 5) is 36.9. The van der Waals surface area contributed by atoms with E-state index in [1.165, 1.54) is 0 Å². The van der Waals surface area contributed by atoms with E-state index in [1.54, 1.807) is 19.6 Å². The van der Waals surface area contributed by atoms with E-state index in [4.69, 9.17) is 14.2 Å². The standard InChI is InChI=1S/C30H45N5O6/c1-5-6-12-34(13-8-7-11-32(2)3)27(36)19-35-18-23(22-16-25(39-4)29-26(17-22)40-21-41-29)28(30(37)38)24(35)9-14-33-15-10-31-20-33/h10,15-17,20,23-24,28H,5-9,11-14,18-19,21H2,1-4H3,(H,37,38)/t23-,24+,28-/m1/s1. The van der Waals surface area contributed by atoms with Gasteiger partial charge in [0.05, 0.1) is 25.9 Å². The van der Waals surface area contributed by atoms with Crippen LogP contribution in [0.3, 0.4) is 0 Å². The molecule has 226 valence electrons. The van der Waals surface area contributed by atoms with Crippen LogP contribution in [0, 0.1) is 5.92 Å². The zero-order valence-corrected chi connectivity index (χ0v) is 24.8. The number of carboxylic acid groups (broad SMARTS) is 1. The van der Waals surface area contributed by atoms with Crippen LogP contribution in [0.15, 0.2) is 30.9 Å². The molecule has 0 bridgehead atoms. The van der Waals surface area contributed by atoms with Gasteiger partial charge in [-0.15, -0.1) is 0 Å². The van der Waals surface area contributed by atoms with Crippen molar-refractivity contribution in [1.82, 2.24) is 24.3 Å². The van der Waals surface area contributed by atoms with Gasteiger partial charge in [0.15, 0.2) is 11.5 Å². The zero-order chi connectivity index (χ0) is 29.4. The number of rotatable bonds is 16. The summed E-state index contributed by atoms with van der Waals surface area (Å²) >= 11 is 0. The minimum absolute atomic E-state index is 0.0592. The van der Waals surface area contributed by atoms with Crippen LogP contribution in [0.2, 0.25) is 0 Å². The lowest BCUT2D eigenvalue weighted by Gasteiger charge is -2.30. The van der Waals surface area contributed by atoms with Gasteiger partial charge in [-0.2, -0.15) is 0 Å². The van der Waals surface area contributed by atoms with E-state index in [9.17, 15) is 14.7 Å². The summed E-state index contributed by atoms with van der Waals surface area (Å²) in [5.41, 5.74) is 0.813. The molecule has 3 heterocycles. The summed E-state index contributed by atoms with van der Waals surface area (Å²) in [6.45, 7) is 5.89. The largest absolute Gasteiger partial charge is 0.493 e. The van der Waals surface area contributed by atoms with Gasteiger partial charge in [-0.3, -0.25) is 14.5 Å². The molecule has 11 heteroatoms. The van der Waals surface area contributed by atoms with E-state index in [1.807, 2.05) is 27.8 Å². The van der Waals surface area contributed by atoms with Crippen molar-refractivity contribution in [3.63, 3.8) is 0 Å². The molecule has 41 heavy (non-hydrogen) atoms. The molecule has 0 saturated carbocycles. The topological polar surface area (TPSA) is 110 Å². The first-order chi connectivity index (χ1) is 19.8. The van der Waals surface area contributed by atoms with E-state index in [0.717, 1.165) is 44.3 Å². The van der Waals surface area contributed by atoms with Crippen LogP contribution >= 0.6 is 0 Å². The number of likely N-dealkylation sites (tertiary alicyclic amines) is 1.